The van der Waals surface area contributed by atoms with Crippen molar-refractivity contribution in [3.05, 3.63) is 52.4 Å². The zero-order chi connectivity index (χ0) is 21.3. The van der Waals surface area contributed by atoms with E-state index in [9.17, 15) is 14.4 Å². The Morgan fingerprint density at radius 2 is 1.87 bits per heavy atom. The third-order valence-corrected chi connectivity index (χ3v) is 6.54. The third kappa shape index (κ3) is 4.15. The van der Waals surface area contributed by atoms with E-state index in [1.807, 2.05) is 16.9 Å². The molecule has 2 aliphatic heterocycles. The first-order chi connectivity index (χ1) is 14.5. The average Bonchev–Trinajstić information content (AvgIpc) is 2.74. The number of aliphatic carboxylic acids is 1. The van der Waals surface area contributed by atoms with Crippen molar-refractivity contribution >= 4 is 23.6 Å². The quantitative estimate of drug-likeness (QED) is 0.710. The molecule has 2 atom stereocenters. The van der Waals surface area contributed by atoms with Gasteiger partial charge in [0.2, 0.25) is 5.91 Å². The van der Waals surface area contributed by atoms with E-state index < -0.39 is 12.6 Å². The van der Waals surface area contributed by atoms with Crippen LogP contribution in [0.4, 0.5) is 0 Å². The van der Waals surface area contributed by atoms with Crippen LogP contribution in [-0.2, 0) is 20.9 Å². The molecule has 1 fully saturated rings. The number of aromatic nitrogens is 1. The maximum atomic E-state index is 12.6. The van der Waals surface area contributed by atoms with Gasteiger partial charge in [-0.3, -0.25) is 9.59 Å². The van der Waals surface area contributed by atoms with Gasteiger partial charge in [0.05, 0.1) is 0 Å². The summed E-state index contributed by atoms with van der Waals surface area (Å²) < 4.78 is 6.86. The Labute approximate surface area is 178 Å². The molecule has 158 valence electrons. The number of carboxylic acids is 1. The number of carbonyl (C=O) groups excluding carboxylic acids is 1. The highest BCUT2D eigenvalue weighted by Crippen LogP contribution is 2.40. The number of carbonyl (C=O) groups is 2. The van der Waals surface area contributed by atoms with Gasteiger partial charge in [0.25, 0.3) is 5.56 Å². The highest BCUT2D eigenvalue weighted by molar-refractivity contribution is 7.98. The van der Waals surface area contributed by atoms with Crippen molar-refractivity contribution in [2.45, 2.75) is 23.8 Å². The molecule has 8 heteroatoms. The van der Waals surface area contributed by atoms with E-state index in [1.54, 1.807) is 22.7 Å². The van der Waals surface area contributed by atoms with Crippen molar-refractivity contribution in [2.24, 2.45) is 5.92 Å². The van der Waals surface area contributed by atoms with E-state index in [-0.39, 0.29) is 29.9 Å². The minimum atomic E-state index is -1.09. The lowest BCUT2D eigenvalue weighted by molar-refractivity contribution is -0.146. The number of nitrogens with zero attached hydrogens (tertiary/aromatic N) is 2. The average molecular weight is 429 g/mol. The second-order valence-corrected chi connectivity index (χ2v) is 8.67. The number of hydrogen-bond donors (Lipinski definition) is 1. The molecule has 0 unspecified atom stereocenters. The first-order valence-corrected chi connectivity index (χ1v) is 11.1. The van der Waals surface area contributed by atoms with Gasteiger partial charge in [-0.2, -0.15) is 0 Å². The first kappa shape index (κ1) is 20.7. The van der Waals surface area contributed by atoms with Crippen molar-refractivity contribution in [1.29, 1.82) is 0 Å². The second-order valence-electron chi connectivity index (χ2n) is 7.79. The number of fused-ring (bicyclic) bond motifs is 4. The number of piperidine rings is 1. The Hall–Kier alpha value is -2.58. The molecular weight excluding hydrogens is 404 g/mol. The topological polar surface area (TPSA) is 88.8 Å². The van der Waals surface area contributed by atoms with Crippen LogP contribution in [0.5, 0.6) is 0 Å². The molecule has 30 heavy (non-hydrogen) atoms. The molecule has 0 aliphatic carbocycles. The smallest absolute Gasteiger partial charge is 0.329 e. The summed E-state index contributed by atoms with van der Waals surface area (Å²) in [5, 5.41) is 8.69. The van der Waals surface area contributed by atoms with Gasteiger partial charge in [0.1, 0.15) is 13.2 Å². The van der Waals surface area contributed by atoms with Gasteiger partial charge < -0.3 is 19.3 Å². The highest BCUT2D eigenvalue weighted by atomic mass is 32.2. The Balaban J connectivity index is 1.62. The molecule has 2 aromatic rings. The molecule has 1 N–H and O–H groups in total. The molecule has 0 radical (unpaired) electrons. The fourth-order valence-electron chi connectivity index (χ4n) is 4.55. The Morgan fingerprint density at radius 1 is 1.10 bits per heavy atom. The van der Waals surface area contributed by atoms with Crippen LogP contribution in [-0.4, -0.2) is 59.0 Å². The molecule has 1 saturated heterocycles. The minimum Gasteiger partial charge on any atom is -0.480 e. The summed E-state index contributed by atoms with van der Waals surface area (Å²) >= 11 is 1.68. The zero-order valence-electron chi connectivity index (χ0n) is 16.7. The molecule has 1 amide bonds. The molecule has 7 nitrogen and oxygen atoms in total. The normalized spacial score (nSPS) is 20.0. The van der Waals surface area contributed by atoms with E-state index in [1.165, 1.54) is 4.90 Å². The molecule has 0 saturated carbocycles. The number of thioether (sulfide) groups is 1. The van der Waals surface area contributed by atoms with Crippen molar-refractivity contribution in [1.82, 2.24) is 9.47 Å². The third-order valence-electron chi connectivity index (χ3n) is 5.79. The Kier molecular flexibility index (Phi) is 5.97. The number of hydrogen-bond acceptors (Lipinski definition) is 5. The van der Waals surface area contributed by atoms with Gasteiger partial charge in [-0.1, -0.05) is 12.1 Å². The summed E-state index contributed by atoms with van der Waals surface area (Å²) in [6, 6.07) is 11.8. The van der Waals surface area contributed by atoms with Crippen LogP contribution in [0.15, 0.2) is 46.1 Å². The van der Waals surface area contributed by atoms with Crippen LogP contribution in [0, 0.1) is 5.92 Å². The lowest BCUT2D eigenvalue weighted by atomic mass is 9.80. The summed E-state index contributed by atoms with van der Waals surface area (Å²) in [7, 11) is 0. The maximum Gasteiger partial charge on any atom is 0.329 e. The summed E-state index contributed by atoms with van der Waals surface area (Å²) in [6.45, 7) is 0.924. The largest absolute Gasteiger partial charge is 0.480 e. The molecule has 2 bridgehead atoms. The van der Waals surface area contributed by atoms with Gasteiger partial charge >= 0.3 is 5.97 Å². The van der Waals surface area contributed by atoms with Crippen LogP contribution in [0.2, 0.25) is 0 Å². The Morgan fingerprint density at radius 3 is 2.57 bits per heavy atom. The molecule has 2 aliphatic rings. The lowest BCUT2D eigenvalue weighted by Crippen LogP contribution is -2.50. The van der Waals surface area contributed by atoms with Crippen LogP contribution >= 0.6 is 11.8 Å². The van der Waals surface area contributed by atoms with Gasteiger partial charge in [0, 0.05) is 47.8 Å². The van der Waals surface area contributed by atoms with Crippen LogP contribution in [0.1, 0.15) is 18.0 Å². The number of carboxylic acid groups (broad SMARTS) is 1. The molecule has 1 aromatic heterocycles. The van der Waals surface area contributed by atoms with Crippen LogP contribution < -0.4 is 5.56 Å². The van der Waals surface area contributed by atoms with E-state index in [2.05, 4.69) is 24.3 Å². The number of benzene rings is 1. The SMILES string of the molecule is CSc1ccc(-c2ccc(=O)n3c2[C@H]2C[C@@H](CN(C(=O)COCC(=O)O)C2)C3)cc1. The minimum absolute atomic E-state index is 0.00579. The van der Waals surface area contributed by atoms with Crippen molar-refractivity contribution in [3.63, 3.8) is 0 Å². The van der Waals surface area contributed by atoms with Gasteiger partial charge in [-0.05, 0) is 42.4 Å². The van der Waals surface area contributed by atoms with Crippen molar-refractivity contribution < 1.29 is 19.4 Å². The van der Waals surface area contributed by atoms with E-state index >= 15 is 0 Å². The molecule has 1 aromatic carbocycles. The van der Waals surface area contributed by atoms with Crippen molar-refractivity contribution in [2.75, 3.05) is 32.6 Å². The first-order valence-electron chi connectivity index (χ1n) is 9.91. The van der Waals surface area contributed by atoms with E-state index in [0.29, 0.717) is 19.6 Å². The summed E-state index contributed by atoms with van der Waals surface area (Å²) in [4.78, 5) is 38.7. The summed E-state index contributed by atoms with van der Waals surface area (Å²) in [6.07, 6.45) is 2.96. The standard InChI is InChI=1S/C22H24N2O5S/c1-30-17-4-2-15(3-5-17)18-6-7-19(25)24-10-14-8-16(22(18)24)11-23(9-14)20(26)12-29-13-21(27)28/h2-7,14,16H,8-13H2,1H3,(H,27,28)/t14-,16-/m0/s1. The molecular formula is C22H24N2O5S. The van der Waals surface area contributed by atoms with Gasteiger partial charge in [0.15, 0.2) is 0 Å². The predicted octanol–water partition coefficient (Wildman–Crippen LogP) is 2.28. The maximum absolute atomic E-state index is 12.6. The predicted molar refractivity (Wildman–Crippen MR) is 114 cm³/mol. The van der Waals surface area contributed by atoms with Crippen LogP contribution in [0.25, 0.3) is 11.1 Å². The van der Waals surface area contributed by atoms with E-state index in [0.717, 1.165) is 23.2 Å². The fraction of sp³-hybridized carbons (Fsp3) is 0.409. The van der Waals surface area contributed by atoms with Gasteiger partial charge in [-0.15, -0.1) is 11.8 Å². The zero-order valence-corrected chi connectivity index (χ0v) is 17.6. The monoisotopic (exact) mass is 428 g/mol. The van der Waals surface area contributed by atoms with Gasteiger partial charge in [-0.25, -0.2) is 4.79 Å². The lowest BCUT2D eigenvalue weighted by Gasteiger charge is -2.43. The number of likely N-dealkylation sites (tertiary alicyclic amines) is 1. The van der Waals surface area contributed by atoms with Crippen LogP contribution in [0.3, 0.4) is 0 Å². The summed E-state index contributed by atoms with van der Waals surface area (Å²) in [5.41, 5.74) is 3.07. The number of ether oxygens (including phenoxy) is 1. The number of rotatable bonds is 6. The number of amides is 1. The van der Waals surface area contributed by atoms with E-state index in [4.69, 9.17) is 9.84 Å². The number of pyridine rings is 1. The fourth-order valence-corrected chi connectivity index (χ4v) is 4.96. The second kappa shape index (κ2) is 8.65. The molecule has 3 heterocycles. The molecule has 0 spiro atoms. The molecule has 4 rings (SSSR count). The summed E-state index contributed by atoms with van der Waals surface area (Å²) in [5.74, 6) is -1.04. The Bertz CT molecular complexity index is 1020. The van der Waals surface area contributed by atoms with Crippen molar-refractivity contribution in [3.8, 4) is 11.1 Å². The highest BCUT2D eigenvalue weighted by Gasteiger charge is 2.37.